The highest BCUT2D eigenvalue weighted by Crippen LogP contribution is 2.08. The first-order chi connectivity index (χ1) is 7.63. The van der Waals surface area contributed by atoms with Crippen molar-refractivity contribution in [1.29, 1.82) is 0 Å². The van der Waals surface area contributed by atoms with Crippen LogP contribution in [0.2, 0.25) is 0 Å². The maximum absolute atomic E-state index is 10.8. The summed E-state index contributed by atoms with van der Waals surface area (Å²) in [5.74, 6) is -0.453. The van der Waals surface area contributed by atoms with Crippen LogP contribution in [0.4, 0.5) is 5.69 Å². The summed E-state index contributed by atoms with van der Waals surface area (Å²) in [5.41, 5.74) is 6.39. The minimum Gasteiger partial charge on any atom is -0.389 e. The lowest BCUT2D eigenvalue weighted by molar-refractivity contribution is 0.0727. The number of anilines is 1. The van der Waals surface area contributed by atoms with E-state index in [0.29, 0.717) is 12.1 Å². The van der Waals surface area contributed by atoms with E-state index in [4.69, 9.17) is 10.5 Å². The van der Waals surface area contributed by atoms with E-state index < -0.39 is 12.0 Å². The van der Waals surface area contributed by atoms with Crippen LogP contribution in [-0.2, 0) is 4.74 Å². The average molecular weight is 224 g/mol. The second-order valence-corrected chi connectivity index (χ2v) is 3.43. The summed E-state index contributed by atoms with van der Waals surface area (Å²) in [6.07, 6.45) is -0.555. The molecule has 0 saturated heterocycles. The van der Waals surface area contributed by atoms with Gasteiger partial charge in [0.05, 0.1) is 12.7 Å². The van der Waals surface area contributed by atoms with E-state index >= 15 is 0 Å². The number of ether oxygens (including phenoxy) is 1. The molecule has 1 aromatic rings. The number of primary amides is 1. The Hall–Kier alpha value is -1.59. The largest absolute Gasteiger partial charge is 0.389 e. The van der Waals surface area contributed by atoms with Gasteiger partial charge < -0.3 is 20.9 Å². The van der Waals surface area contributed by atoms with Crippen LogP contribution in [0, 0.1) is 0 Å². The fraction of sp³-hybridized carbons (Fsp3) is 0.364. The first kappa shape index (κ1) is 12.5. The maximum Gasteiger partial charge on any atom is 0.248 e. The molecular formula is C11H16N2O3. The van der Waals surface area contributed by atoms with Gasteiger partial charge in [-0.25, -0.2) is 0 Å². The van der Waals surface area contributed by atoms with Gasteiger partial charge in [-0.15, -0.1) is 0 Å². The Morgan fingerprint density at radius 1 is 1.50 bits per heavy atom. The Bertz CT molecular complexity index is 338. The van der Waals surface area contributed by atoms with Crippen LogP contribution < -0.4 is 11.1 Å². The molecule has 0 bridgehead atoms. The van der Waals surface area contributed by atoms with Crippen LogP contribution >= 0.6 is 0 Å². The normalized spacial score (nSPS) is 12.1. The van der Waals surface area contributed by atoms with Gasteiger partial charge in [-0.3, -0.25) is 4.79 Å². The Morgan fingerprint density at radius 3 is 2.62 bits per heavy atom. The van der Waals surface area contributed by atoms with E-state index in [2.05, 4.69) is 5.32 Å². The number of aliphatic hydroxyl groups excluding tert-OH is 1. The fourth-order valence-corrected chi connectivity index (χ4v) is 1.24. The average Bonchev–Trinajstić information content (AvgIpc) is 2.27. The highest BCUT2D eigenvalue weighted by Gasteiger charge is 2.03. The lowest BCUT2D eigenvalue weighted by Crippen LogP contribution is -2.24. The van der Waals surface area contributed by atoms with Crippen molar-refractivity contribution in [3.05, 3.63) is 29.8 Å². The van der Waals surface area contributed by atoms with Gasteiger partial charge in [-0.05, 0) is 24.3 Å². The number of rotatable bonds is 6. The van der Waals surface area contributed by atoms with Gasteiger partial charge >= 0.3 is 0 Å². The van der Waals surface area contributed by atoms with E-state index in [0.717, 1.165) is 5.69 Å². The number of carbonyl (C=O) groups excluding carboxylic acids is 1. The topological polar surface area (TPSA) is 84.6 Å². The van der Waals surface area contributed by atoms with Crippen molar-refractivity contribution in [2.45, 2.75) is 6.10 Å². The number of carbonyl (C=O) groups is 1. The van der Waals surface area contributed by atoms with E-state index in [1.807, 2.05) is 0 Å². The van der Waals surface area contributed by atoms with Gasteiger partial charge in [0.25, 0.3) is 0 Å². The van der Waals surface area contributed by atoms with Crippen molar-refractivity contribution < 1.29 is 14.6 Å². The Kier molecular flexibility index (Phi) is 4.75. The molecule has 0 saturated carbocycles. The van der Waals surface area contributed by atoms with Gasteiger partial charge in [0.1, 0.15) is 0 Å². The molecule has 0 heterocycles. The van der Waals surface area contributed by atoms with Gasteiger partial charge in [-0.1, -0.05) is 0 Å². The molecule has 1 atom stereocenters. The summed E-state index contributed by atoms with van der Waals surface area (Å²) in [6.45, 7) is 0.677. The molecule has 0 aromatic heterocycles. The molecule has 0 aliphatic heterocycles. The number of aliphatic hydroxyl groups is 1. The number of benzene rings is 1. The van der Waals surface area contributed by atoms with Crippen LogP contribution in [0.1, 0.15) is 10.4 Å². The third-order valence-electron chi connectivity index (χ3n) is 2.07. The summed E-state index contributed by atoms with van der Waals surface area (Å²) < 4.78 is 4.79. The van der Waals surface area contributed by atoms with Crippen molar-refractivity contribution in [3.63, 3.8) is 0 Å². The molecule has 4 N–H and O–H groups in total. The molecular weight excluding hydrogens is 208 g/mol. The number of nitrogens with one attached hydrogen (secondary N) is 1. The monoisotopic (exact) mass is 224 g/mol. The summed E-state index contributed by atoms with van der Waals surface area (Å²) in [7, 11) is 1.53. The van der Waals surface area contributed by atoms with E-state index in [1.54, 1.807) is 24.3 Å². The molecule has 0 radical (unpaired) electrons. The van der Waals surface area contributed by atoms with Crippen molar-refractivity contribution in [3.8, 4) is 0 Å². The molecule has 1 amide bonds. The number of nitrogens with two attached hydrogens (primary N) is 1. The molecule has 5 nitrogen and oxygen atoms in total. The molecule has 1 unspecified atom stereocenters. The molecule has 0 spiro atoms. The summed E-state index contributed by atoms with van der Waals surface area (Å²) >= 11 is 0. The van der Waals surface area contributed by atoms with E-state index in [-0.39, 0.29) is 6.61 Å². The van der Waals surface area contributed by atoms with Crippen LogP contribution in [0.5, 0.6) is 0 Å². The number of methoxy groups -OCH3 is 1. The number of hydrogen-bond acceptors (Lipinski definition) is 4. The quantitative estimate of drug-likeness (QED) is 0.644. The molecule has 1 aromatic carbocycles. The Morgan fingerprint density at radius 2 is 2.12 bits per heavy atom. The first-order valence-corrected chi connectivity index (χ1v) is 4.94. The fourth-order valence-electron chi connectivity index (χ4n) is 1.24. The summed E-state index contributed by atoms with van der Waals surface area (Å²) in [4.78, 5) is 10.8. The third kappa shape index (κ3) is 3.88. The van der Waals surface area contributed by atoms with Crippen molar-refractivity contribution in [2.75, 3.05) is 25.6 Å². The van der Waals surface area contributed by atoms with Crippen molar-refractivity contribution >= 4 is 11.6 Å². The van der Waals surface area contributed by atoms with Crippen molar-refractivity contribution in [1.82, 2.24) is 0 Å². The van der Waals surface area contributed by atoms with E-state index in [1.165, 1.54) is 7.11 Å². The van der Waals surface area contributed by atoms with Gasteiger partial charge in [0.15, 0.2) is 0 Å². The van der Waals surface area contributed by atoms with E-state index in [9.17, 15) is 9.90 Å². The van der Waals surface area contributed by atoms with Crippen LogP contribution in [-0.4, -0.2) is 37.4 Å². The Balaban J connectivity index is 2.46. The minimum absolute atomic E-state index is 0.284. The summed E-state index contributed by atoms with van der Waals surface area (Å²) in [5, 5.41) is 12.4. The second-order valence-electron chi connectivity index (χ2n) is 3.43. The molecule has 16 heavy (non-hydrogen) atoms. The van der Waals surface area contributed by atoms with Gasteiger partial charge in [0.2, 0.25) is 5.91 Å². The molecule has 5 heteroatoms. The number of hydrogen-bond donors (Lipinski definition) is 3. The summed E-state index contributed by atoms with van der Waals surface area (Å²) in [6, 6.07) is 6.74. The molecule has 0 aliphatic carbocycles. The molecule has 1 rings (SSSR count). The predicted molar refractivity (Wildman–Crippen MR) is 61.3 cm³/mol. The second kappa shape index (κ2) is 6.09. The molecule has 88 valence electrons. The Labute approximate surface area is 94.2 Å². The lowest BCUT2D eigenvalue weighted by Gasteiger charge is -2.11. The standard InChI is InChI=1S/C11H16N2O3/c1-16-7-10(14)6-13-9-4-2-8(3-5-9)11(12)15/h2-5,10,13-14H,6-7H2,1H3,(H2,12,15). The zero-order valence-corrected chi connectivity index (χ0v) is 9.14. The highest BCUT2D eigenvalue weighted by molar-refractivity contribution is 5.93. The van der Waals surface area contributed by atoms with Gasteiger partial charge in [0, 0.05) is 24.9 Å². The third-order valence-corrected chi connectivity index (χ3v) is 2.07. The number of amides is 1. The zero-order chi connectivity index (χ0) is 12.0. The smallest absolute Gasteiger partial charge is 0.248 e. The zero-order valence-electron chi connectivity index (χ0n) is 9.14. The first-order valence-electron chi connectivity index (χ1n) is 4.94. The molecule has 0 fully saturated rings. The van der Waals surface area contributed by atoms with Crippen LogP contribution in [0.25, 0.3) is 0 Å². The highest BCUT2D eigenvalue weighted by atomic mass is 16.5. The van der Waals surface area contributed by atoms with Crippen LogP contribution in [0.3, 0.4) is 0 Å². The predicted octanol–water partition coefficient (Wildman–Crippen LogP) is 0.205. The molecule has 0 aliphatic rings. The van der Waals surface area contributed by atoms with Gasteiger partial charge in [-0.2, -0.15) is 0 Å². The maximum atomic E-state index is 10.8. The minimum atomic E-state index is -0.555. The SMILES string of the molecule is COCC(O)CNc1ccc(C(N)=O)cc1. The van der Waals surface area contributed by atoms with Crippen molar-refractivity contribution in [2.24, 2.45) is 5.73 Å². The lowest BCUT2D eigenvalue weighted by atomic mass is 10.2. The van der Waals surface area contributed by atoms with Crippen LogP contribution in [0.15, 0.2) is 24.3 Å².